The molecule has 0 unspecified atom stereocenters. The molecule has 0 saturated carbocycles. The predicted octanol–water partition coefficient (Wildman–Crippen LogP) is 5.09. The summed E-state index contributed by atoms with van der Waals surface area (Å²) in [5.41, 5.74) is 1.21. The normalized spacial score (nSPS) is 15.6. The summed E-state index contributed by atoms with van der Waals surface area (Å²) in [6.07, 6.45) is 3.64. The molecule has 1 amide bonds. The standard InChI is InChI=1S/C24H23BrFN3O4S/c1-16-23(22(33-28-16)10-9-17-5-2-3-8-21(17)26)34(31,32)29-13-11-18(12-14-29)24(30)27-20-7-4-6-19(25)15-20/h2-10,15,18H,11-14H2,1H3,(H,27,30). The molecule has 0 aliphatic carbocycles. The predicted molar refractivity (Wildman–Crippen MR) is 131 cm³/mol. The lowest BCUT2D eigenvalue weighted by Crippen LogP contribution is -2.41. The van der Waals surface area contributed by atoms with E-state index < -0.39 is 15.8 Å². The molecule has 1 N–H and O–H groups in total. The average molecular weight is 548 g/mol. The molecule has 34 heavy (non-hydrogen) atoms. The SMILES string of the molecule is Cc1noc(C=Cc2ccccc2F)c1S(=O)(=O)N1CCC(C(=O)Nc2cccc(Br)c2)CC1. The molecule has 7 nitrogen and oxygen atoms in total. The van der Waals surface area contributed by atoms with Crippen molar-refractivity contribution in [2.75, 3.05) is 18.4 Å². The molecule has 0 radical (unpaired) electrons. The van der Waals surface area contributed by atoms with Crippen molar-refractivity contribution in [2.24, 2.45) is 5.92 Å². The van der Waals surface area contributed by atoms with E-state index >= 15 is 0 Å². The van der Waals surface area contributed by atoms with Gasteiger partial charge in [-0.05, 0) is 56.2 Å². The highest BCUT2D eigenvalue weighted by atomic mass is 79.9. The molecule has 1 aromatic heterocycles. The molecule has 4 rings (SSSR count). The highest BCUT2D eigenvalue weighted by molar-refractivity contribution is 9.10. The number of piperidine rings is 1. The van der Waals surface area contributed by atoms with Crippen molar-refractivity contribution in [1.29, 1.82) is 0 Å². The Morgan fingerprint density at radius 2 is 1.91 bits per heavy atom. The summed E-state index contributed by atoms with van der Waals surface area (Å²) < 4.78 is 48.1. The fourth-order valence-electron chi connectivity index (χ4n) is 3.87. The largest absolute Gasteiger partial charge is 0.355 e. The summed E-state index contributed by atoms with van der Waals surface area (Å²) in [5.74, 6) is -0.822. The minimum atomic E-state index is -3.91. The van der Waals surface area contributed by atoms with Gasteiger partial charge in [-0.2, -0.15) is 4.31 Å². The van der Waals surface area contributed by atoms with E-state index in [0.717, 1.165) is 4.47 Å². The number of anilines is 1. The number of carbonyl (C=O) groups is 1. The van der Waals surface area contributed by atoms with E-state index in [-0.39, 0.29) is 41.3 Å². The molecular weight excluding hydrogens is 525 g/mol. The van der Waals surface area contributed by atoms with Crippen molar-refractivity contribution < 1.29 is 22.1 Å². The highest BCUT2D eigenvalue weighted by Gasteiger charge is 2.36. The smallest absolute Gasteiger partial charge is 0.248 e. The molecule has 178 valence electrons. The first kappa shape index (κ1) is 24.3. The first-order chi connectivity index (χ1) is 16.3. The first-order valence-corrected chi connectivity index (χ1v) is 12.9. The number of carbonyl (C=O) groups excluding carboxylic acids is 1. The van der Waals surface area contributed by atoms with Gasteiger partial charge in [0.25, 0.3) is 0 Å². The van der Waals surface area contributed by atoms with Crippen LogP contribution in [0.4, 0.5) is 10.1 Å². The zero-order valence-electron chi connectivity index (χ0n) is 18.4. The fourth-order valence-corrected chi connectivity index (χ4v) is 5.99. The molecule has 1 aliphatic heterocycles. The molecule has 1 fully saturated rings. The van der Waals surface area contributed by atoms with Crippen LogP contribution in [0, 0.1) is 18.7 Å². The third kappa shape index (κ3) is 5.29. The van der Waals surface area contributed by atoms with Crippen molar-refractivity contribution in [2.45, 2.75) is 24.7 Å². The Hall–Kier alpha value is -2.82. The zero-order valence-corrected chi connectivity index (χ0v) is 20.8. The third-order valence-electron chi connectivity index (χ3n) is 5.67. The van der Waals surface area contributed by atoms with E-state index in [1.165, 1.54) is 22.5 Å². The molecule has 0 bridgehead atoms. The first-order valence-electron chi connectivity index (χ1n) is 10.7. The quantitative estimate of drug-likeness (QED) is 0.463. The summed E-state index contributed by atoms with van der Waals surface area (Å²) in [7, 11) is -3.91. The maximum Gasteiger partial charge on any atom is 0.248 e. The Bertz CT molecular complexity index is 1330. The molecular formula is C24H23BrFN3O4S. The maximum absolute atomic E-state index is 13.9. The van der Waals surface area contributed by atoms with Crippen LogP contribution in [0.25, 0.3) is 12.2 Å². The second kappa shape index (κ2) is 10.2. The molecule has 3 aromatic rings. The van der Waals surface area contributed by atoms with Crippen LogP contribution >= 0.6 is 15.9 Å². The number of aryl methyl sites for hydroxylation is 1. The lowest BCUT2D eigenvalue weighted by molar-refractivity contribution is -0.120. The summed E-state index contributed by atoms with van der Waals surface area (Å²) in [5, 5.41) is 6.70. The minimum Gasteiger partial charge on any atom is -0.355 e. The van der Waals surface area contributed by atoms with Gasteiger partial charge in [-0.25, -0.2) is 12.8 Å². The Morgan fingerprint density at radius 3 is 2.62 bits per heavy atom. The van der Waals surface area contributed by atoms with E-state index in [4.69, 9.17) is 4.52 Å². The topological polar surface area (TPSA) is 92.5 Å². The van der Waals surface area contributed by atoms with Crippen molar-refractivity contribution in [3.8, 4) is 0 Å². The molecule has 2 aromatic carbocycles. The van der Waals surface area contributed by atoms with Crippen LogP contribution in [0.1, 0.15) is 29.9 Å². The highest BCUT2D eigenvalue weighted by Crippen LogP contribution is 2.30. The third-order valence-corrected chi connectivity index (χ3v) is 8.22. The van der Waals surface area contributed by atoms with E-state index in [9.17, 15) is 17.6 Å². The Balaban J connectivity index is 1.46. The number of amides is 1. The number of rotatable bonds is 6. The fraction of sp³-hybridized carbons (Fsp3) is 0.250. The van der Waals surface area contributed by atoms with Crippen molar-refractivity contribution in [1.82, 2.24) is 9.46 Å². The van der Waals surface area contributed by atoms with Crippen LogP contribution in [0.15, 0.2) is 62.4 Å². The monoisotopic (exact) mass is 547 g/mol. The number of halogens is 2. The molecule has 2 heterocycles. The number of nitrogens with zero attached hydrogens (tertiary/aromatic N) is 2. The Kier molecular flexibility index (Phi) is 7.30. The van der Waals surface area contributed by atoms with Gasteiger partial charge in [-0.15, -0.1) is 0 Å². The van der Waals surface area contributed by atoms with Crippen molar-refractivity contribution in [3.63, 3.8) is 0 Å². The van der Waals surface area contributed by atoms with Gasteiger partial charge in [-0.1, -0.05) is 45.4 Å². The Labute approximate surface area is 205 Å². The molecule has 10 heteroatoms. The van der Waals surface area contributed by atoms with E-state index in [1.54, 1.807) is 31.2 Å². The van der Waals surface area contributed by atoms with Crippen LogP contribution < -0.4 is 5.32 Å². The van der Waals surface area contributed by atoms with Crippen LogP contribution in [-0.2, 0) is 14.8 Å². The van der Waals surface area contributed by atoms with Crippen LogP contribution in [0.3, 0.4) is 0 Å². The number of nitrogens with one attached hydrogen (secondary N) is 1. The van der Waals surface area contributed by atoms with E-state index in [2.05, 4.69) is 26.4 Å². The second-order valence-electron chi connectivity index (χ2n) is 7.99. The number of benzene rings is 2. The second-order valence-corrected chi connectivity index (χ2v) is 10.8. The number of hydrogen-bond acceptors (Lipinski definition) is 5. The van der Waals surface area contributed by atoms with E-state index in [0.29, 0.717) is 24.1 Å². The van der Waals surface area contributed by atoms with Crippen molar-refractivity contribution >= 4 is 49.7 Å². The van der Waals surface area contributed by atoms with Gasteiger partial charge in [0.15, 0.2) is 10.7 Å². The van der Waals surface area contributed by atoms with Gasteiger partial charge >= 0.3 is 0 Å². The number of sulfonamides is 1. The van der Waals surface area contributed by atoms with E-state index in [1.807, 2.05) is 18.2 Å². The lowest BCUT2D eigenvalue weighted by Gasteiger charge is -2.30. The maximum atomic E-state index is 13.9. The number of hydrogen-bond donors (Lipinski definition) is 1. The summed E-state index contributed by atoms with van der Waals surface area (Å²) in [6.45, 7) is 1.94. The minimum absolute atomic E-state index is 0.0373. The van der Waals surface area contributed by atoms with Gasteiger partial charge in [0.2, 0.25) is 15.9 Å². The molecule has 1 saturated heterocycles. The summed E-state index contributed by atoms with van der Waals surface area (Å²) >= 11 is 3.38. The summed E-state index contributed by atoms with van der Waals surface area (Å²) in [4.78, 5) is 12.6. The zero-order chi connectivity index (χ0) is 24.3. The molecule has 1 aliphatic rings. The van der Waals surface area contributed by atoms with Gasteiger partial charge < -0.3 is 9.84 Å². The van der Waals surface area contributed by atoms with Crippen LogP contribution in [0.5, 0.6) is 0 Å². The van der Waals surface area contributed by atoms with Crippen molar-refractivity contribution in [3.05, 3.63) is 75.8 Å². The Morgan fingerprint density at radius 1 is 1.18 bits per heavy atom. The van der Waals surface area contributed by atoms with Gasteiger partial charge in [0, 0.05) is 34.7 Å². The van der Waals surface area contributed by atoms with Gasteiger partial charge in [-0.3, -0.25) is 4.79 Å². The number of aromatic nitrogens is 1. The van der Waals surface area contributed by atoms with Crippen LogP contribution in [-0.4, -0.2) is 36.9 Å². The van der Waals surface area contributed by atoms with Gasteiger partial charge in [0.05, 0.1) is 0 Å². The summed E-state index contributed by atoms with van der Waals surface area (Å²) in [6, 6.07) is 13.5. The van der Waals surface area contributed by atoms with Gasteiger partial charge in [0.1, 0.15) is 11.5 Å². The van der Waals surface area contributed by atoms with Crippen LogP contribution in [0.2, 0.25) is 0 Å². The average Bonchev–Trinajstić information content (AvgIpc) is 3.19. The molecule has 0 atom stereocenters. The molecule has 0 spiro atoms. The lowest BCUT2D eigenvalue weighted by atomic mass is 9.97.